The molecular weight excluding hydrogens is 870 g/mol. The number of aldehydes is 1. The van der Waals surface area contributed by atoms with E-state index in [-0.39, 0.29) is 45.8 Å². The van der Waals surface area contributed by atoms with Crippen LogP contribution in [0.15, 0.2) is 122 Å². The van der Waals surface area contributed by atoms with Crippen molar-refractivity contribution in [1.82, 2.24) is 0 Å². The summed E-state index contributed by atoms with van der Waals surface area (Å²) < 4.78 is 144. The maximum Gasteiger partial charge on any atom is 0.457 e. The number of hydrogen-bond donors (Lipinski definition) is 2. The van der Waals surface area contributed by atoms with E-state index in [0.717, 1.165) is 30.3 Å². The minimum atomic E-state index is -5.86. The molecule has 0 bridgehead atoms. The first-order valence-corrected chi connectivity index (χ1v) is 17.7. The molecule has 0 aliphatic rings. The van der Waals surface area contributed by atoms with Crippen molar-refractivity contribution < 1.29 is 86.8 Å². The molecule has 0 fully saturated rings. The summed E-state index contributed by atoms with van der Waals surface area (Å²) in [4.78, 5) is 56.7. The van der Waals surface area contributed by atoms with Gasteiger partial charge in [0.1, 0.15) is 29.0 Å². The van der Waals surface area contributed by atoms with Crippen LogP contribution in [0.3, 0.4) is 0 Å². The van der Waals surface area contributed by atoms with Gasteiger partial charge in [0.15, 0.2) is 12.2 Å². The Morgan fingerprint density at radius 3 is 1.52 bits per heavy atom. The van der Waals surface area contributed by atoms with Crippen molar-refractivity contribution in [3.8, 4) is 11.5 Å². The van der Waals surface area contributed by atoms with Gasteiger partial charge in [-0.15, -0.1) is 0 Å². The molecule has 0 saturated carbocycles. The molecule has 0 spiro atoms. The van der Waals surface area contributed by atoms with Gasteiger partial charge in [0, 0.05) is 12.0 Å². The molecule has 2 N–H and O–H groups in total. The molecule has 6 aromatic rings. The molecule has 2 atom stereocenters. The lowest BCUT2D eigenvalue weighted by Gasteiger charge is -2.25. The lowest BCUT2D eigenvalue weighted by molar-refractivity contribution is -0.309. The number of esters is 2. The van der Waals surface area contributed by atoms with Gasteiger partial charge in [-0.05, 0) is 67.9 Å². The molecule has 2 unspecified atom stereocenters. The summed E-state index contributed by atoms with van der Waals surface area (Å²) in [5.74, 6) is -13.4. The summed E-state index contributed by atoms with van der Waals surface area (Å²) in [6.45, 7) is 0.896. The molecule has 334 valence electrons. The van der Waals surface area contributed by atoms with Crippen LogP contribution in [0.5, 0.6) is 11.5 Å². The van der Waals surface area contributed by atoms with Gasteiger partial charge in [0.2, 0.25) is 0 Å². The van der Waals surface area contributed by atoms with E-state index in [4.69, 9.17) is 8.83 Å². The van der Waals surface area contributed by atoms with Crippen LogP contribution in [0.1, 0.15) is 56.0 Å². The van der Waals surface area contributed by atoms with Crippen LogP contribution >= 0.6 is 0 Å². The van der Waals surface area contributed by atoms with Gasteiger partial charge in [0.25, 0.3) is 0 Å². The van der Waals surface area contributed by atoms with Crippen molar-refractivity contribution in [2.45, 2.75) is 56.7 Å². The average molecular weight is 901 g/mol. The van der Waals surface area contributed by atoms with E-state index in [2.05, 4.69) is 9.47 Å². The number of benzene rings is 4. The van der Waals surface area contributed by atoms with Gasteiger partial charge >= 0.3 is 47.4 Å². The molecule has 0 aliphatic carbocycles. The number of carbonyl (C=O) groups excluding carboxylic acids is 3. The van der Waals surface area contributed by atoms with E-state index in [1.165, 1.54) is 30.3 Å². The van der Waals surface area contributed by atoms with Crippen LogP contribution in [0.2, 0.25) is 0 Å². The Bertz CT molecular complexity index is 2690. The minimum absolute atomic E-state index is 0.0348. The van der Waals surface area contributed by atoms with Gasteiger partial charge in [-0.25, -0.2) is 19.2 Å². The Morgan fingerprint density at radius 1 is 0.635 bits per heavy atom. The number of ether oxygens (including phenoxy) is 2. The first-order chi connectivity index (χ1) is 29.3. The quantitative estimate of drug-likeness (QED) is 0.0613. The number of halogens is 10. The second kappa shape index (κ2) is 19.2. The van der Waals surface area contributed by atoms with Crippen molar-refractivity contribution in [1.29, 1.82) is 0 Å². The fraction of sp³-hybridized carbons (Fsp3) is 0.214. The molecule has 0 aliphatic heterocycles. The SMILES string of the molecule is CC(OC(=O)c1ccc(C=O)cc1)C(F)(F)C(F)(F)F.CC(OC(=O)c1ccc(Cc2c(O)c3ccccc3oc2=O)cc1)C(F)(F)C(F)(F)F.O=c1cc(O)c2ccccc2o1. The Hall–Kier alpha value is -7.19. The maximum absolute atomic E-state index is 13.2. The summed E-state index contributed by atoms with van der Waals surface area (Å²) >= 11 is 0. The smallest absolute Gasteiger partial charge is 0.457 e. The molecule has 0 radical (unpaired) electrons. The predicted molar refractivity (Wildman–Crippen MR) is 201 cm³/mol. The molecule has 4 aromatic carbocycles. The van der Waals surface area contributed by atoms with Crippen LogP contribution in [-0.2, 0) is 15.9 Å². The largest absolute Gasteiger partial charge is 0.507 e. The number of rotatable bonds is 9. The minimum Gasteiger partial charge on any atom is -0.507 e. The summed E-state index contributed by atoms with van der Waals surface area (Å²) in [6.07, 6.45) is -16.7. The van der Waals surface area contributed by atoms with Crippen molar-refractivity contribution in [3.05, 3.63) is 152 Å². The number of alkyl halides is 10. The predicted octanol–water partition coefficient (Wildman–Crippen LogP) is 9.57. The summed E-state index contributed by atoms with van der Waals surface area (Å²) in [5, 5.41) is 20.6. The highest BCUT2D eigenvalue weighted by atomic mass is 19.4. The van der Waals surface area contributed by atoms with Crippen LogP contribution in [-0.4, -0.2) is 64.8 Å². The van der Waals surface area contributed by atoms with Crippen molar-refractivity contribution in [3.63, 3.8) is 0 Å². The van der Waals surface area contributed by atoms with E-state index >= 15 is 0 Å². The van der Waals surface area contributed by atoms with Gasteiger partial charge in [-0.1, -0.05) is 48.5 Å². The highest BCUT2D eigenvalue weighted by Gasteiger charge is 2.63. The maximum atomic E-state index is 13.2. The molecule has 6 rings (SSSR count). The molecular formula is C42H30F10O11. The zero-order valence-electron chi connectivity index (χ0n) is 32.1. The summed E-state index contributed by atoms with van der Waals surface area (Å²) in [7, 11) is 0. The first-order valence-electron chi connectivity index (χ1n) is 17.7. The Morgan fingerprint density at radius 2 is 1.06 bits per heavy atom. The molecule has 2 aromatic heterocycles. The third-order valence-electron chi connectivity index (χ3n) is 8.70. The lowest BCUT2D eigenvalue weighted by atomic mass is 10.0. The normalized spacial score (nSPS) is 12.8. The van der Waals surface area contributed by atoms with E-state index in [1.807, 2.05) is 0 Å². The topological polar surface area (TPSA) is 171 Å². The number of para-hydroxylation sites is 2. The third-order valence-corrected chi connectivity index (χ3v) is 8.70. The monoisotopic (exact) mass is 900 g/mol. The van der Waals surface area contributed by atoms with Crippen LogP contribution < -0.4 is 11.3 Å². The van der Waals surface area contributed by atoms with Crippen molar-refractivity contribution in [2.75, 3.05) is 0 Å². The number of carbonyl (C=O) groups is 3. The van der Waals surface area contributed by atoms with Gasteiger partial charge in [-0.2, -0.15) is 43.9 Å². The Kier molecular flexibility index (Phi) is 14.8. The second-order valence-electron chi connectivity index (χ2n) is 13.1. The third kappa shape index (κ3) is 11.6. The average Bonchev–Trinajstić information content (AvgIpc) is 3.22. The molecule has 21 heteroatoms. The molecule has 0 amide bonds. The molecule has 11 nitrogen and oxygen atoms in total. The van der Waals surface area contributed by atoms with E-state index in [9.17, 15) is 78.1 Å². The van der Waals surface area contributed by atoms with Gasteiger partial charge in [0.05, 0.1) is 33.5 Å². The highest BCUT2D eigenvalue weighted by molar-refractivity contribution is 5.91. The highest BCUT2D eigenvalue weighted by Crippen LogP contribution is 2.40. The molecule has 2 heterocycles. The fourth-order valence-electron chi connectivity index (χ4n) is 5.15. The summed E-state index contributed by atoms with van der Waals surface area (Å²) in [5.41, 5.74) is -0.553. The van der Waals surface area contributed by atoms with Gasteiger partial charge < -0.3 is 28.5 Å². The zero-order chi connectivity index (χ0) is 47.1. The molecule has 0 saturated heterocycles. The Balaban J connectivity index is 0.000000231. The van der Waals surface area contributed by atoms with E-state index < -0.39 is 59.6 Å². The standard InChI is InChI=1S/C21H15F5O5.C12H9F5O3.C9H6O3/c1-11(20(22,23)21(24,25)26)30-18(28)13-8-6-12(7-9-13)10-15-17(27)14-4-2-3-5-16(14)31-19(15)29;1-7(11(13,14)12(15,16)17)20-10(19)9-4-2-8(6-18)3-5-9;10-7-5-9(11)12-8-4-2-1-3-6(7)8/h2-9,11,27H,10H2,1H3;2-7H,1H3;1-5,10H. The van der Waals surface area contributed by atoms with E-state index in [1.54, 1.807) is 42.5 Å². The second-order valence-corrected chi connectivity index (χ2v) is 13.1. The lowest BCUT2D eigenvalue weighted by Crippen LogP contribution is -2.47. The summed E-state index contributed by atoms with van der Waals surface area (Å²) in [6, 6.07) is 23.8. The van der Waals surface area contributed by atoms with E-state index in [0.29, 0.717) is 42.1 Å². The van der Waals surface area contributed by atoms with Crippen LogP contribution in [0.4, 0.5) is 43.9 Å². The zero-order valence-corrected chi connectivity index (χ0v) is 32.1. The van der Waals surface area contributed by atoms with Crippen molar-refractivity contribution >= 4 is 40.2 Å². The Labute approximate surface area is 346 Å². The van der Waals surface area contributed by atoms with Crippen molar-refractivity contribution in [2.24, 2.45) is 0 Å². The molecule has 63 heavy (non-hydrogen) atoms. The number of hydrogen-bond acceptors (Lipinski definition) is 11. The van der Waals surface area contributed by atoms with Gasteiger partial charge in [-0.3, -0.25) is 4.79 Å². The van der Waals surface area contributed by atoms with Crippen LogP contribution in [0, 0.1) is 0 Å². The number of fused-ring (bicyclic) bond motifs is 2. The van der Waals surface area contributed by atoms with Crippen LogP contribution in [0.25, 0.3) is 21.9 Å². The first kappa shape index (κ1) is 48.5. The number of aromatic hydroxyl groups is 2. The fourth-order valence-corrected chi connectivity index (χ4v) is 5.15.